The fourth-order valence-corrected chi connectivity index (χ4v) is 3.03. The van der Waals surface area contributed by atoms with Crippen molar-refractivity contribution in [2.75, 3.05) is 13.7 Å². The minimum absolute atomic E-state index is 0.235. The van der Waals surface area contributed by atoms with Gasteiger partial charge >= 0.3 is 0 Å². The van der Waals surface area contributed by atoms with Gasteiger partial charge in [-0.15, -0.1) is 0 Å². The quantitative estimate of drug-likeness (QED) is 0.911. The molecular weight excluding hydrogens is 282 g/mol. The fraction of sp³-hybridized carbons (Fsp3) is 0.471. The van der Waals surface area contributed by atoms with Crippen LogP contribution >= 0.6 is 0 Å². The van der Waals surface area contributed by atoms with Gasteiger partial charge in [-0.3, -0.25) is 4.79 Å². The maximum Gasteiger partial charge on any atom is 0.287 e. The fourth-order valence-electron chi connectivity index (χ4n) is 3.03. The first-order chi connectivity index (χ1) is 10.6. The zero-order chi connectivity index (χ0) is 15.6. The van der Waals surface area contributed by atoms with Crippen LogP contribution in [0.1, 0.15) is 42.7 Å². The average Bonchev–Trinajstić information content (AvgIpc) is 2.97. The number of hydrogen-bond donors (Lipinski definition) is 2. The van der Waals surface area contributed by atoms with Gasteiger partial charge in [0.1, 0.15) is 0 Å². The topological polar surface area (TPSA) is 71.7 Å². The number of ether oxygens (including phenoxy) is 1. The lowest BCUT2D eigenvalue weighted by molar-refractivity contribution is 0.00504. The first-order valence-electron chi connectivity index (χ1n) is 7.68. The molecule has 1 amide bonds. The van der Waals surface area contributed by atoms with Crippen LogP contribution in [0.2, 0.25) is 0 Å². The highest BCUT2D eigenvalue weighted by Crippen LogP contribution is 2.29. The van der Waals surface area contributed by atoms with E-state index >= 15 is 0 Å². The largest absolute Gasteiger partial charge is 0.493 e. The van der Waals surface area contributed by atoms with Crippen LogP contribution in [0.4, 0.5) is 0 Å². The molecule has 2 N–H and O–H groups in total. The van der Waals surface area contributed by atoms with E-state index in [1.165, 1.54) is 0 Å². The third-order valence-corrected chi connectivity index (χ3v) is 4.31. The molecule has 118 valence electrons. The summed E-state index contributed by atoms with van der Waals surface area (Å²) in [5, 5.41) is 14.0. The summed E-state index contributed by atoms with van der Waals surface area (Å²) in [7, 11) is 1.57. The molecule has 3 rings (SSSR count). The smallest absolute Gasteiger partial charge is 0.287 e. The second kappa shape index (κ2) is 6.01. The molecule has 0 saturated heterocycles. The van der Waals surface area contributed by atoms with Crippen molar-refractivity contribution >= 4 is 16.9 Å². The molecule has 1 fully saturated rings. The highest BCUT2D eigenvalue weighted by atomic mass is 16.5. The van der Waals surface area contributed by atoms with Crippen LogP contribution in [-0.4, -0.2) is 30.3 Å². The Kier molecular flexibility index (Phi) is 4.07. The number of carbonyl (C=O) groups excluding carboxylic acids is 1. The third kappa shape index (κ3) is 2.95. The standard InChI is InChI=1S/C17H21NO4/c1-21-13-7-5-6-12-10-14(22-15(12)13)16(19)18-11-17(20)8-3-2-4-9-17/h5-7,10,20H,2-4,8-9,11H2,1H3,(H,18,19). The Hall–Kier alpha value is -2.01. The molecule has 5 heteroatoms. The van der Waals surface area contributed by atoms with E-state index in [-0.39, 0.29) is 18.2 Å². The normalized spacial score (nSPS) is 17.4. The Morgan fingerprint density at radius 2 is 2.14 bits per heavy atom. The Morgan fingerprint density at radius 3 is 2.86 bits per heavy atom. The van der Waals surface area contributed by atoms with Crippen molar-refractivity contribution in [2.24, 2.45) is 0 Å². The van der Waals surface area contributed by atoms with Gasteiger partial charge in [-0.05, 0) is 25.0 Å². The summed E-state index contributed by atoms with van der Waals surface area (Å²) in [6.45, 7) is 0.264. The first-order valence-corrected chi connectivity index (χ1v) is 7.68. The zero-order valence-electron chi connectivity index (χ0n) is 12.7. The number of benzene rings is 1. The number of carbonyl (C=O) groups is 1. The van der Waals surface area contributed by atoms with E-state index < -0.39 is 5.60 Å². The van der Waals surface area contributed by atoms with E-state index in [0.29, 0.717) is 11.3 Å². The summed E-state index contributed by atoms with van der Waals surface area (Å²) >= 11 is 0. The van der Waals surface area contributed by atoms with Gasteiger partial charge in [0, 0.05) is 11.9 Å². The van der Waals surface area contributed by atoms with Gasteiger partial charge in [-0.25, -0.2) is 0 Å². The van der Waals surface area contributed by atoms with E-state index in [1.807, 2.05) is 12.1 Å². The molecule has 1 saturated carbocycles. The van der Waals surface area contributed by atoms with Crippen LogP contribution in [0.25, 0.3) is 11.0 Å². The molecule has 1 aromatic carbocycles. The molecule has 1 aliphatic rings. The summed E-state index contributed by atoms with van der Waals surface area (Å²) < 4.78 is 10.8. The van der Waals surface area contributed by atoms with E-state index in [0.717, 1.165) is 37.5 Å². The number of rotatable bonds is 4. The number of amides is 1. The number of methoxy groups -OCH3 is 1. The van der Waals surface area contributed by atoms with Crippen molar-refractivity contribution in [3.63, 3.8) is 0 Å². The van der Waals surface area contributed by atoms with Crippen LogP contribution in [0.3, 0.4) is 0 Å². The second-order valence-corrected chi connectivity index (χ2v) is 5.96. The third-order valence-electron chi connectivity index (χ3n) is 4.31. The molecule has 1 aliphatic carbocycles. The Balaban J connectivity index is 1.72. The lowest BCUT2D eigenvalue weighted by atomic mass is 9.85. The Labute approximate surface area is 129 Å². The summed E-state index contributed by atoms with van der Waals surface area (Å²) in [4.78, 5) is 12.2. The molecule has 2 aromatic rings. The maximum atomic E-state index is 12.2. The molecule has 0 aliphatic heterocycles. The van der Waals surface area contributed by atoms with Crippen molar-refractivity contribution < 1.29 is 19.1 Å². The average molecular weight is 303 g/mol. The number of hydrogen-bond acceptors (Lipinski definition) is 4. The van der Waals surface area contributed by atoms with Gasteiger partial charge < -0.3 is 19.6 Å². The summed E-state index contributed by atoms with van der Waals surface area (Å²) in [6.07, 6.45) is 4.64. The number of para-hydroxylation sites is 1. The van der Waals surface area contributed by atoms with Gasteiger partial charge in [-0.1, -0.05) is 31.4 Å². The predicted molar refractivity (Wildman–Crippen MR) is 83.1 cm³/mol. The van der Waals surface area contributed by atoms with Crippen molar-refractivity contribution in [3.05, 3.63) is 30.0 Å². The zero-order valence-corrected chi connectivity index (χ0v) is 12.7. The van der Waals surface area contributed by atoms with Crippen molar-refractivity contribution in [2.45, 2.75) is 37.7 Å². The molecule has 0 radical (unpaired) electrons. The van der Waals surface area contributed by atoms with E-state index in [2.05, 4.69) is 5.32 Å². The van der Waals surface area contributed by atoms with Gasteiger partial charge in [-0.2, -0.15) is 0 Å². The van der Waals surface area contributed by atoms with E-state index in [4.69, 9.17) is 9.15 Å². The van der Waals surface area contributed by atoms with Crippen LogP contribution in [-0.2, 0) is 0 Å². The van der Waals surface area contributed by atoms with Crippen molar-refractivity contribution in [3.8, 4) is 5.75 Å². The molecular formula is C17H21NO4. The summed E-state index contributed by atoms with van der Waals surface area (Å²) in [5.74, 6) is 0.526. The maximum absolute atomic E-state index is 12.2. The lowest BCUT2D eigenvalue weighted by Gasteiger charge is -2.31. The lowest BCUT2D eigenvalue weighted by Crippen LogP contribution is -2.44. The Morgan fingerprint density at radius 1 is 1.36 bits per heavy atom. The van der Waals surface area contributed by atoms with Gasteiger partial charge in [0.2, 0.25) is 0 Å². The van der Waals surface area contributed by atoms with Crippen LogP contribution in [0.15, 0.2) is 28.7 Å². The van der Waals surface area contributed by atoms with E-state index in [1.54, 1.807) is 19.2 Å². The number of nitrogens with one attached hydrogen (secondary N) is 1. The monoisotopic (exact) mass is 303 g/mol. The molecule has 0 bridgehead atoms. The highest BCUT2D eigenvalue weighted by molar-refractivity contribution is 5.97. The Bertz CT molecular complexity index is 670. The van der Waals surface area contributed by atoms with Crippen LogP contribution in [0.5, 0.6) is 5.75 Å². The van der Waals surface area contributed by atoms with Crippen LogP contribution < -0.4 is 10.1 Å². The number of furan rings is 1. The summed E-state index contributed by atoms with van der Waals surface area (Å²) in [5.41, 5.74) is -0.219. The molecule has 0 spiro atoms. The van der Waals surface area contributed by atoms with Gasteiger partial charge in [0.05, 0.1) is 12.7 Å². The molecule has 0 atom stereocenters. The number of aliphatic hydroxyl groups is 1. The minimum Gasteiger partial charge on any atom is -0.493 e. The predicted octanol–water partition coefficient (Wildman–Crippen LogP) is 2.87. The van der Waals surface area contributed by atoms with Gasteiger partial charge in [0.25, 0.3) is 5.91 Å². The highest BCUT2D eigenvalue weighted by Gasteiger charge is 2.30. The van der Waals surface area contributed by atoms with Crippen molar-refractivity contribution in [1.82, 2.24) is 5.32 Å². The number of fused-ring (bicyclic) bond motifs is 1. The summed E-state index contributed by atoms with van der Waals surface area (Å²) in [6, 6.07) is 7.20. The minimum atomic E-state index is -0.780. The molecule has 22 heavy (non-hydrogen) atoms. The molecule has 5 nitrogen and oxygen atoms in total. The second-order valence-electron chi connectivity index (χ2n) is 5.96. The first kappa shape index (κ1) is 14.9. The van der Waals surface area contributed by atoms with E-state index in [9.17, 15) is 9.90 Å². The van der Waals surface area contributed by atoms with Crippen LogP contribution in [0, 0.1) is 0 Å². The molecule has 0 unspecified atom stereocenters. The van der Waals surface area contributed by atoms with Gasteiger partial charge in [0.15, 0.2) is 17.1 Å². The molecule has 1 heterocycles. The SMILES string of the molecule is COc1cccc2cc(C(=O)NCC3(O)CCCCC3)oc12. The van der Waals surface area contributed by atoms with Crippen molar-refractivity contribution in [1.29, 1.82) is 0 Å². The molecule has 1 aromatic heterocycles.